The van der Waals surface area contributed by atoms with Crippen molar-refractivity contribution in [3.63, 3.8) is 0 Å². The average molecular weight is 339 g/mol. The molecule has 1 aromatic carbocycles. The van der Waals surface area contributed by atoms with E-state index < -0.39 is 0 Å². The lowest BCUT2D eigenvalue weighted by atomic mass is 10.1. The molecule has 0 radical (unpaired) electrons. The third-order valence-corrected chi connectivity index (χ3v) is 4.43. The highest BCUT2D eigenvalue weighted by Crippen LogP contribution is 2.16. The Morgan fingerprint density at radius 3 is 2.04 bits per heavy atom. The largest absolute Gasteiger partial charge is 0.372 e. The minimum atomic E-state index is 1.05. The van der Waals surface area contributed by atoms with Gasteiger partial charge in [-0.3, -0.25) is 0 Å². The smallest absolute Gasteiger partial charge is 0.169 e. The molecule has 1 heterocycles. The van der Waals surface area contributed by atoms with Gasteiger partial charge in [0.15, 0.2) is 12.4 Å². The summed E-state index contributed by atoms with van der Waals surface area (Å²) < 4.78 is 2.24. The summed E-state index contributed by atoms with van der Waals surface area (Å²) in [6.45, 7) is 11.8. The number of nitrogens with zero attached hydrogens (tertiary/aromatic N) is 2. The second-order valence-electron chi connectivity index (χ2n) is 6.17. The van der Waals surface area contributed by atoms with Gasteiger partial charge in [-0.05, 0) is 43.7 Å². The Morgan fingerprint density at radius 2 is 1.48 bits per heavy atom. The molecule has 0 atom stereocenters. The summed E-state index contributed by atoms with van der Waals surface area (Å²) in [6.07, 6.45) is 9.84. The van der Waals surface area contributed by atoms with Crippen molar-refractivity contribution in [2.24, 2.45) is 0 Å². The van der Waals surface area contributed by atoms with E-state index >= 15 is 0 Å². The van der Waals surface area contributed by atoms with Crippen LogP contribution in [-0.4, -0.2) is 26.2 Å². The van der Waals surface area contributed by atoms with Crippen LogP contribution in [0.25, 0.3) is 12.2 Å². The van der Waals surface area contributed by atoms with E-state index in [1.54, 1.807) is 0 Å². The van der Waals surface area contributed by atoms with Crippen LogP contribution in [-0.2, 0) is 6.54 Å². The topological polar surface area (TPSA) is 19.1 Å². The van der Waals surface area contributed by atoms with Gasteiger partial charge in [0.1, 0.15) is 6.54 Å². The van der Waals surface area contributed by atoms with Crippen LogP contribution in [0.4, 0.5) is 5.69 Å². The lowest BCUT2D eigenvalue weighted by Crippen LogP contribution is -2.34. The Morgan fingerprint density at radius 1 is 0.880 bits per heavy atom. The molecule has 0 bridgehead atoms. The third kappa shape index (κ3) is 6.35. The number of pyridine rings is 1. The molecule has 0 fully saturated rings. The molecular weight excluding hydrogens is 306 g/mol. The zero-order valence-electron chi connectivity index (χ0n) is 15.9. The van der Waals surface area contributed by atoms with Gasteiger partial charge in [-0.25, -0.2) is 4.57 Å². The van der Waals surface area contributed by atoms with E-state index in [1.165, 1.54) is 16.8 Å². The van der Waals surface area contributed by atoms with Gasteiger partial charge in [-0.2, -0.15) is 0 Å². The van der Waals surface area contributed by atoms with Crippen molar-refractivity contribution in [1.82, 2.24) is 5.32 Å². The molecule has 3 heteroatoms. The highest BCUT2D eigenvalue weighted by Gasteiger charge is 2.01. The molecular formula is C22H32N3+. The number of hydrogen-bond donors (Lipinski definition) is 1. The standard InChI is InChI=1S/C22H32N3/c1-4-23-16-7-17-24-18-14-21(15-19-24)9-8-20-10-12-22(13-11-20)25(5-2)6-3/h8-15,18-19,23H,4-7,16-17H2,1-3H3/q+1. The average Bonchev–Trinajstić information content (AvgIpc) is 2.66. The molecule has 134 valence electrons. The van der Waals surface area contributed by atoms with Crippen LogP contribution in [0.15, 0.2) is 48.8 Å². The highest BCUT2D eigenvalue weighted by atomic mass is 15.1. The van der Waals surface area contributed by atoms with Gasteiger partial charge in [0.25, 0.3) is 0 Å². The highest BCUT2D eigenvalue weighted by molar-refractivity contribution is 5.70. The number of benzene rings is 1. The Balaban J connectivity index is 1.90. The number of aromatic nitrogens is 1. The van der Waals surface area contributed by atoms with Crippen molar-refractivity contribution < 1.29 is 4.57 Å². The SMILES string of the molecule is CCNCCC[n+]1ccc(/C=C/c2ccc(N(CC)CC)cc2)cc1. The fourth-order valence-electron chi connectivity index (χ4n) is 2.87. The van der Waals surface area contributed by atoms with E-state index in [1.807, 2.05) is 0 Å². The van der Waals surface area contributed by atoms with Crippen LogP contribution in [0, 0.1) is 0 Å². The van der Waals surface area contributed by atoms with Crippen LogP contribution < -0.4 is 14.8 Å². The van der Waals surface area contributed by atoms with Gasteiger partial charge in [-0.1, -0.05) is 31.2 Å². The number of rotatable bonds is 10. The molecule has 0 amide bonds. The van der Waals surface area contributed by atoms with Crippen LogP contribution in [0.5, 0.6) is 0 Å². The lowest BCUT2D eigenvalue weighted by molar-refractivity contribution is -0.697. The number of aryl methyl sites for hydroxylation is 1. The zero-order valence-corrected chi connectivity index (χ0v) is 15.9. The van der Waals surface area contributed by atoms with Crippen LogP contribution in [0.3, 0.4) is 0 Å². The molecule has 0 saturated heterocycles. The number of anilines is 1. The van der Waals surface area contributed by atoms with E-state index in [9.17, 15) is 0 Å². The van der Waals surface area contributed by atoms with E-state index in [0.717, 1.165) is 39.1 Å². The van der Waals surface area contributed by atoms with Crippen molar-refractivity contribution in [3.05, 3.63) is 59.9 Å². The normalized spacial score (nSPS) is 11.2. The maximum Gasteiger partial charge on any atom is 0.169 e. The minimum absolute atomic E-state index is 1.05. The van der Waals surface area contributed by atoms with Gasteiger partial charge in [-0.15, -0.1) is 0 Å². The van der Waals surface area contributed by atoms with Gasteiger partial charge in [0, 0.05) is 43.9 Å². The van der Waals surface area contributed by atoms with Gasteiger partial charge in [0.2, 0.25) is 0 Å². The molecule has 1 N–H and O–H groups in total. The quantitative estimate of drug-likeness (QED) is 0.522. The fraction of sp³-hybridized carbons (Fsp3) is 0.409. The number of nitrogens with one attached hydrogen (secondary N) is 1. The summed E-state index contributed by atoms with van der Waals surface area (Å²) in [4.78, 5) is 2.36. The molecule has 0 spiro atoms. The second-order valence-corrected chi connectivity index (χ2v) is 6.17. The first kappa shape index (κ1) is 19.2. The maximum atomic E-state index is 3.36. The van der Waals surface area contributed by atoms with E-state index in [0.29, 0.717) is 0 Å². The summed E-state index contributed by atoms with van der Waals surface area (Å²) in [5.74, 6) is 0. The monoisotopic (exact) mass is 338 g/mol. The van der Waals surface area contributed by atoms with Crippen molar-refractivity contribution in [2.45, 2.75) is 33.7 Å². The molecule has 0 aliphatic heterocycles. The van der Waals surface area contributed by atoms with Gasteiger partial charge in [0.05, 0.1) is 0 Å². The zero-order chi connectivity index (χ0) is 17.9. The van der Waals surface area contributed by atoms with Crippen molar-refractivity contribution in [1.29, 1.82) is 0 Å². The Hall–Kier alpha value is -2.13. The predicted molar refractivity (Wildman–Crippen MR) is 109 cm³/mol. The first-order valence-electron chi connectivity index (χ1n) is 9.49. The molecule has 0 aliphatic carbocycles. The Kier molecular flexibility index (Phi) is 8.20. The number of hydrogen-bond acceptors (Lipinski definition) is 2. The summed E-state index contributed by atoms with van der Waals surface area (Å²) >= 11 is 0. The fourth-order valence-corrected chi connectivity index (χ4v) is 2.87. The van der Waals surface area contributed by atoms with E-state index in [4.69, 9.17) is 0 Å². The first-order chi connectivity index (χ1) is 12.3. The summed E-state index contributed by atoms with van der Waals surface area (Å²) in [5.41, 5.74) is 3.76. The third-order valence-electron chi connectivity index (χ3n) is 4.43. The summed E-state index contributed by atoms with van der Waals surface area (Å²) in [6, 6.07) is 13.1. The molecule has 25 heavy (non-hydrogen) atoms. The summed E-state index contributed by atoms with van der Waals surface area (Å²) in [7, 11) is 0. The minimum Gasteiger partial charge on any atom is -0.372 e. The molecule has 0 saturated carbocycles. The van der Waals surface area contributed by atoms with E-state index in [2.05, 4.69) is 96.5 Å². The van der Waals surface area contributed by atoms with Crippen LogP contribution >= 0.6 is 0 Å². The van der Waals surface area contributed by atoms with Crippen molar-refractivity contribution in [3.8, 4) is 0 Å². The molecule has 1 aromatic heterocycles. The maximum absolute atomic E-state index is 3.36. The van der Waals surface area contributed by atoms with Crippen molar-refractivity contribution in [2.75, 3.05) is 31.1 Å². The molecule has 3 nitrogen and oxygen atoms in total. The molecule has 2 aromatic rings. The van der Waals surface area contributed by atoms with Crippen LogP contribution in [0.1, 0.15) is 38.3 Å². The first-order valence-corrected chi connectivity index (χ1v) is 9.49. The second kappa shape index (κ2) is 10.7. The summed E-state index contributed by atoms with van der Waals surface area (Å²) in [5, 5.41) is 3.36. The Bertz CT molecular complexity index is 625. The van der Waals surface area contributed by atoms with E-state index in [-0.39, 0.29) is 0 Å². The Labute approximate surface area is 153 Å². The van der Waals surface area contributed by atoms with Gasteiger partial charge >= 0.3 is 0 Å². The molecule has 2 rings (SSSR count). The predicted octanol–water partition coefficient (Wildman–Crippen LogP) is 3.99. The molecule has 0 aliphatic rings. The van der Waals surface area contributed by atoms with Crippen molar-refractivity contribution >= 4 is 17.8 Å². The molecule has 0 unspecified atom stereocenters. The lowest BCUT2D eigenvalue weighted by Gasteiger charge is -2.20. The van der Waals surface area contributed by atoms with Crippen LogP contribution in [0.2, 0.25) is 0 Å². The van der Waals surface area contributed by atoms with Gasteiger partial charge < -0.3 is 10.2 Å².